The number of benzene rings is 1. The average molecular weight is 320 g/mol. The summed E-state index contributed by atoms with van der Waals surface area (Å²) in [6, 6.07) is 6.02. The van der Waals surface area contributed by atoms with Crippen LogP contribution in [0.25, 0.3) is 0 Å². The Morgan fingerprint density at radius 1 is 1.24 bits per heavy atom. The third-order valence-corrected chi connectivity index (χ3v) is 4.12. The van der Waals surface area contributed by atoms with Crippen molar-refractivity contribution in [2.24, 2.45) is 0 Å². The van der Waals surface area contributed by atoms with Gasteiger partial charge >= 0.3 is 5.51 Å². The van der Waals surface area contributed by atoms with Crippen molar-refractivity contribution in [3.8, 4) is 0 Å². The molecule has 9 heteroatoms. The fraction of sp³-hybridized carbons (Fsp3) is 0.250. The molecule has 1 heterocycles. The largest absolute Gasteiger partial charge is 0.501 e. The van der Waals surface area contributed by atoms with Crippen molar-refractivity contribution in [2.75, 3.05) is 5.32 Å². The molecule has 0 saturated heterocycles. The molecule has 1 N–H and O–H groups in total. The fourth-order valence-corrected chi connectivity index (χ4v) is 2.34. The van der Waals surface area contributed by atoms with Gasteiger partial charge in [-0.1, -0.05) is 5.16 Å². The standard InChI is InChI=1S/C12H11F3N2O3S/c1-8-6-10(17-20-8)7-16-9-2-4-11(5-3-9)21(18,19)12(13,14)15/h2-6,16H,7H2,1H3. The highest BCUT2D eigenvalue weighted by molar-refractivity contribution is 7.92. The number of aryl methyl sites for hydroxylation is 1. The van der Waals surface area contributed by atoms with Crippen LogP contribution in [0.2, 0.25) is 0 Å². The van der Waals surface area contributed by atoms with E-state index in [2.05, 4.69) is 10.5 Å². The van der Waals surface area contributed by atoms with Crippen LogP contribution in [-0.4, -0.2) is 19.1 Å². The van der Waals surface area contributed by atoms with Gasteiger partial charge < -0.3 is 9.84 Å². The number of alkyl halides is 3. The molecule has 1 aromatic carbocycles. The number of hydrogen-bond acceptors (Lipinski definition) is 5. The van der Waals surface area contributed by atoms with Gasteiger partial charge in [0.05, 0.1) is 11.4 Å². The summed E-state index contributed by atoms with van der Waals surface area (Å²) in [5, 5.41) is 6.63. The van der Waals surface area contributed by atoms with Crippen LogP contribution < -0.4 is 5.32 Å². The number of hydrogen-bond donors (Lipinski definition) is 1. The van der Waals surface area contributed by atoms with E-state index < -0.39 is 20.2 Å². The first-order valence-corrected chi connectivity index (χ1v) is 7.26. The van der Waals surface area contributed by atoms with Crippen molar-refractivity contribution in [3.63, 3.8) is 0 Å². The smallest absolute Gasteiger partial charge is 0.379 e. The zero-order chi connectivity index (χ0) is 15.7. The van der Waals surface area contributed by atoms with Gasteiger partial charge in [0.1, 0.15) is 11.5 Å². The summed E-state index contributed by atoms with van der Waals surface area (Å²) in [5.41, 5.74) is -4.21. The van der Waals surface area contributed by atoms with Crippen LogP contribution in [0, 0.1) is 6.92 Å². The summed E-state index contributed by atoms with van der Waals surface area (Å²) in [6.45, 7) is 2.04. The van der Waals surface area contributed by atoms with E-state index in [1.807, 2.05) is 0 Å². The number of halogens is 3. The Hall–Kier alpha value is -2.03. The lowest BCUT2D eigenvalue weighted by Crippen LogP contribution is -2.23. The summed E-state index contributed by atoms with van der Waals surface area (Å²) in [4.78, 5) is -0.794. The lowest BCUT2D eigenvalue weighted by Gasteiger charge is -2.09. The second-order valence-corrected chi connectivity index (χ2v) is 6.20. The van der Waals surface area contributed by atoms with Gasteiger partial charge in [0.15, 0.2) is 0 Å². The summed E-state index contributed by atoms with van der Waals surface area (Å²) in [5.74, 6) is 0.637. The molecule has 0 atom stereocenters. The van der Waals surface area contributed by atoms with Gasteiger partial charge in [-0.05, 0) is 31.2 Å². The molecule has 21 heavy (non-hydrogen) atoms. The summed E-state index contributed by atoms with van der Waals surface area (Å²) < 4.78 is 64.3. The molecule has 0 bridgehead atoms. The second-order valence-electron chi connectivity index (χ2n) is 4.26. The maximum absolute atomic E-state index is 12.4. The van der Waals surface area contributed by atoms with Crippen LogP contribution in [-0.2, 0) is 16.4 Å². The number of rotatable bonds is 4. The highest BCUT2D eigenvalue weighted by atomic mass is 32.2. The molecule has 0 aliphatic heterocycles. The molecule has 2 rings (SSSR count). The highest BCUT2D eigenvalue weighted by Gasteiger charge is 2.46. The minimum Gasteiger partial charge on any atom is -0.379 e. The molecule has 0 amide bonds. The fourth-order valence-electron chi connectivity index (χ4n) is 1.58. The zero-order valence-electron chi connectivity index (χ0n) is 10.8. The minimum atomic E-state index is -5.31. The summed E-state index contributed by atoms with van der Waals surface area (Å²) in [6.07, 6.45) is 0. The van der Waals surface area contributed by atoms with Crippen molar-refractivity contribution in [2.45, 2.75) is 23.9 Å². The normalized spacial score (nSPS) is 12.4. The first kappa shape index (κ1) is 15.4. The van der Waals surface area contributed by atoms with Crippen molar-refractivity contribution in [1.29, 1.82) is 0 Å². The number of aromatic nitrogens is 1. The van der Waals surface area contributed by atoms with Crippen LogP contribution in [0.5, 0.6) is 0 Å². The van der Waals surface area contributed by atoms with E-state index in [9.17, 15) is 21.6 Å². The first-order valence-electron chi connectivity index (χ1n) is 5.77. The van der Waals surface area contributed by atoms with Crippen LogP contribution in [0.15, 0.2) is 39.8 Å². The van der Waals surface area contributed by atoms with Crippen molar-refractivity contribution in [1.82, 2.24) is 5.16 Å². The van der Waals surface area contributed by atoms with Gasteiger partial charge in [-0.2, -0.15) is 13.2 Å². The third-order valence-electron chi connectivity index (χ3n) is 2.62. The molecule has 0 fully saturated rings. The number of nitrogens with zero attached hydrogens (tertiary/aromatic N) is 1. The zero-order valence-corrected chi connectivity index (χ0v) is 11.6. The monoisotopic (exact) mass is 320 g/mol. The topological polar surface area (TPSA) is 72.2 Å². The minimum absolute atomic E-state index is 0.308. The third kappa shape index (κ3) is 3.35. The molecule has 0 saturated carbocycles. The Morgan fingerprint density at radius 3 is 2.33 bits per heavy atom. The lowest BCUT2D eigenvalue weighted by molar-refractivity contribution is -0.0436. The van der Waals surface area contributed by atoms with Gasteiger partial charge in [-0.3, -0.25) is 0 Å². The van der Waals surface area contributed by atoms with E-state index in [1.165, 1.54) is 12.1 Å². The molecule has 0 unspecified atom stereocenters. The quantitative estimate of drug-likeness (QED) is 0.938. The lowest BCUT2D eigenvalue weighted by atomic mass is 10.3. The Balaban J connectivity index is 2.09. The maximum Gasteiger partial charge on any atom is 0.501 e. The van der Waals surface area contributed by atoms with Gasteiger partial charge in [0, 0.05) is 11.8 Å². The molecule has 0 spiro atoms. The SMILES string of the molecule is Cc1cc(CNc2ccc(S(=O)(=O)C(F)(F)F)cc2)no1. The van der Waals surface area contributed by atoms with E-state index in [0.29, 0.717) is 23.7 Å². The average Bonchev–Trinajstić information content (AvgIpc) is 2.81. The summed E-state index contributed by atoms with van der Waals surface area (Å²) >= 11 is 0. The number of sulfone groups is 1. The Kier molecular flexibility index (Phi) is 3.95. The van der Waals surface area contributed by atoms with Crippen molar-refractivity contribution < 1.29 is 26.1 Å². The van der Waals surface area contributed by atoms with Gasteiger partial charge in [0.2, 0.25) is 0 Å². The Morgan fingerprint density at radius 2 is 1.86 bits per heavy atom. The second kappa shape index (κ2) is 5.40. The van der Waals surface area contributed by atoms with E-state index in [1.54, 1.807) is 13.0 Å². The first-order chi connectivity index (χ1) is 9.70. The van der Waals surface area contributed by atoms with Gasteiger partial charge in [0.25, 0.3) is 9.84 Å². The summed E-state index contributed by atoms with van der Waals surface area (Å²) in [7, 11) is -5.31. The molecule has 0 aliphatic rings. The number of nitrogens with one attached hydrogen (secondary N) is 1. The molecule has 5 nitrogen and oxygen atoms in total. The molecule has 114 valence electrons. The molecule has 0 radical (unpaired) electrons. The van der Waals surface area contributed by atoms with Crippen molar-refractivity contribution in [3.05, 3.63) is 41.8 Å². The Bertz CT molecular complexity index is 721. The molecule has 0 aliphatic carbocycles. The van der Waals surface area contributed by atoms with Crippen molar-refractivity contribution >= 4 is 15.5 Å². The predicted octanol–water partition coefficient (Wildman–Crippen LogP) is 2.89. The van der Waals surface area contributed by atoms with Crippen LogP contribution in [0.1, 0.15) is 11.5 Å². The van der Waals surface area contributed by atoms with Gasteiger partial charge in [-0.25, -0.2) is 8.42 Å². The number of anilines is 1. The van der Waals surface area contributed by atoms with Crippen LogP contribution in [0.3, 0.4) is 0 Å². The van der Waals surface area contributed by atoms with Gasteiger partial charge in [-0.15, -0.1) is 0 Å². The maximum atomic E-state index is 12.4. The van der Waals surface area contributed by atoms with E-state index in [4.69, 9.17) is 4.52 Å². The molecule has 1 aromatic heterocycles. The van der Waals surface area contributed by atoms with E-state index in [-0.39, 0.29) is 0 Å². The van der Waals surface area contributed by atoms with E-state index >= 15 is 0 Å². The highest BCUT2D eigenvalue weighted by Crippen LogP contribution is 2.30. The molecular weight excluding hydrogens is 309 g/mol. The Labute approximate surface area is 118 Å². The van der Waals surface area contributed by atoms with Crippen LogP contribution >= 0.6 is 0 Å². The molecule has 2 aromatic rings. The van der Waals surface area contributed by atoms with Crippen LogP contribution in [0.4, 0.5) is 18.9 Å². The predicted molar refractivity (Wildman–Crippen MR) is 68.2 cm³/mol. The van der Waals surface area contributed by atoms with E-state index in [0.717, 1.165) is 12.1 Å². The molecular formula is C12H11F3N2O3S.